The quantitative estimate of drug-likeness (QED) is 0.380. The lowest BCUT2D eigenvalue weighted by Gasteiger charge is -2.20. The maximum atomic E-state index is 13.0. The molecule has 0 amide bonds. The third kappa shape index (κ3) is 4.43. The summed E-state index contributed by atoms with van der Waals surface area (Å²) in [5.74, 6) is 1.91. The summed E-state index contributed by atoms with van der Waals surface area (Å²) in [5.41, 5.74) is 4.19. The molecule has 144 valence electrons. The van der Waals surface area contributed by atoms with Crippen LogP contribution in [-0.4, -0.2) is 12.0 Å². The Kier molecular flexibility index (Phi) is 5.25. The van der Waals surface area contributed by atoms with E-state index in [1.54, 1.807) is 12.1 Å². The van der Waals surface area contributed by atoms with Crippen LogP contribution in [-0.2, 0) is 0 Å². The van der Waals surface area contributed by atoms with Gasteiger partial charge in [-0.2, -0.15) is 0 Å². The van der Waals surface area contributed by atoms with Crippen molar-refractivity contribution in [3.05, 3.63) is 103 Å². The van der Waals surface area contributed by atoms with Crippen LogP contribution in [0.4, 0.5) is 15.9 Å². The molecule has 3 nitrogen and oxygen atoms in total. The lowest BCUT2D eigenvalue weighted by molar-refractivity contribution is 0.480. The number of benzene rings is 3. The lowest BCUT2D eigenvalue weighted by Crippen LogP contribution is -2.11. The zero-order valence-electron chi connectivity index (χ0n) is 16.3. The molecular weight excluding hydrogens is 363 g/mol. The molecule has 29 heavy (non-hydrogen) atoms. The molecule has 0 bridgehead atoms. The predicted octanol–water partition coefficient (Wildman–Crippen LogP) is 6.76. The minimum atomic E-state index is -0.281. The van der Waals surface area contributed by atoms with E-state index < -0.39 is 0 Å². The number of rotatable bonds is 5. The molecule has 4 aromatic rings. The van der Waals surface area contributed by atoms with Crippen LogP contribution in [0.5, 0.6) is 11.5 Å². The van der Waals surface area contributed by atoms with Crippen LogP contribution in [0.3, 0.4) is 0 Å². The molecule has 0 saturated heterocycles. The molecule has 0 atom stereocenters. The van der Waals surface area contributed by atoms with E-state index in [0.29, 0.717) is 11.5 Å². The number of para-hydroxylation sites is 1. The molecule has 0 fully saturated rings. The fourth-order valence-electron chi connectivity index (χ4n) is 3.13. The van der Waals surface area contributed by atoms with Gasteiger partial charge in [-0.25, -0.2) is 9.37 Å². The fraction of sp³-hybridized carbons (Fsp3) is 0.0800. The molecule has 0 unspecified atom stereocenters. The highest BCUT2D eigenvalue weighted by molar-refractivity contribution is 5.70. The summed E-state index contributed by atoms with van der Waals surface area (Å²) in [7, 11) is 2.01. The second kappa shape index (κ2) is 8.15. The van der Waals surface area contributed by atoms with E-state index in [2.05, 4.69) is 34.1 Å². The van der Waals surface area contributed by atoms with Gasteiger partial charge in [-0.15, -0.1) is 0 Å². The normalized spacial score (nSPS) is 10.6. The van der Waals surface area contributed by atoms with E-state index in [9.17, 15) is 4.39 Å². The Bertz CT molecular complexity index is 1090. The van der Waals surface area contributed by atoms with Gasteiger partial charge in [0, 0.05) is 18.4 Å². The van der Waals surface area contributed by atoms with Crippen molar-refractivity contribution in [3.63, 3.8) is 0 Å². The smallest absolute Gasteiger partial charge is 0.133 e. The van der Waals surface area contributed by atoms with Crippen LogP contribution in [0, 0.1) is 12.7 Å². The number of halogens is 1. The van der Waals surface area contributed by atoms with Gasteiger partial charge in [0.05, 0.1) is 0 Å². The Labute approximate surface area is 170 Å². The highest BCUT2D eigenvalue weighted by Crippen LogP contribution is 2.30. The van der Waals surface area contributed by atoms with Crippen molar-refractivity contribution >= 4 is 11.5 Å². The van der Waals surface area contributed by atoms with Gasteiger partial charge < -0.3 is 9.64 Å². The zero-order chi connectivity index (χ0) is 20.2. The van der Waals surface area contributed by atoms with Crippen molar-refractivity contribution in [1.29, 1.82) is 0 Å². The SMILES string of the molecule is Cc1cc(-c2ccc(Oc3ccc(F)cc3)cc2)cc(N(C)c2ccccc2)n1. The molecule has 0 N–H and O–H groups in total. The molecule has 1 heterocycles. The molecular formula is C25H21FN2O. The van der Waals surface area contributed by atoms with E-state index in [4.69, 9.17) is 4.74 Å². The Morgan fingerprint density at radius 3 is 2.03 bits per heavy atom. The molecule has 1 aromatic heterocycles. The van der Waals surface area contributed by atoms with Crippen molar-refractivity contribution in [1.82, 2.24) is 4.98 Å². The number of anilines is 2. The molecule has 0 saturated carbocycles. The van der Waals surface area contributed by atoms with Crippen LogP contribution in [0.1, 0.15) is 5.69 Å². The van der Waals surface area contributed by atoms with Crippen LogP contribution in [0.25, 0.3) is 11.1 Å². The summed E-state index contributed by atoms with van der Waals surface area (Å²) in [6, 6.07) is 28.1. The summed E-state index contributed by atoms with van der Waals surface area (Å²) in [4.78, 5) is 6.76. The first-order valence-electron chi connectivity index (χ1n) is 9.40. The second-order valence-electron chi connectivity index (χ2n) is 6.83. The minimum absolute atomic E-state index is 0.281. The van der Waals surface area contributed by atoms with Crippen LogP contribution in [0.2, 0.25) is 0 Å². The van der Waals surface area contributed by atoms with Gasteiger partial charge in [-0.1, -0.05) is 30.3 Å². The van der Waals surface area contributed by atoms with Crippen molar-refractivity contribution in [3.8, 4) is 22.6 Å². The third-order valence-electron chi connectivity index (χ3n) is 4.66. The predicted molar refractivity (Wildman–Crippen MR) is 115 cm³/mol. The Balaban J connectivity index is 1.58. The molecule has 4 heteroatoms. The van der Waals surface area contributed by atoms with Crippen molar-refractivity contribution < 1.29 is 9.13 Å². The first-order chi connectivity index (χ1) is 14.1. The maximum Gasteiger partial charge on any atom is 0.133 e. The Morgan fingerprint density at radius 1 is 0.759 bits per heavy atom. The lowest BCUT2D eigenvalue weighted by atomic mass is 10.1. The van der Waals surface area contributed by atoms with E-state index >= 15 is 0 Å². The first kappa shape index (κ1) is 18.7. The van der Waals surface area contributed by atoms with E-state index in [0.717, 1.165) is 28.3 Å². The average Bonchev–Trinajstić information content (AvgIpc) is 2.75. The van der Waals surface area contributed by atoms with E-state index in [1.165, 1.54) is 12.1 Å². The van der Waals surface area contributed by atoms with Gasteiger partial charge in [0.25, 0.3) is 0 Å². The zero-order valence-corrected chi connectivity index (χ0v) is 16.3. The van der Waals surface area contributed by atoms with Crippen LogP contribution in [0.15, 0.2) is 91.0 Å². The van der Waals surface area contributed by atoms with Crippen LogP contribution >= 0.6 is 0 Å². The van der Waals surface area contributed by atoms with Gasteiger partial charge in [0.15, 0.2) is 0 Å². The maximum absolute atomic E-state index is 13.0. The number of nitrogens with zero attached hydrogens (tertiary/aromatic N) is 2. The molecule has 4 rings (SSSR count). The summed E-state index contributed by atoms with van der Waals surface area (Å²) >= 11 is 0. The number of aryl methyl sites for hydroxylation is 1. The molecule has 0 aliphatic carbocycles. The fourth-order valence-corrected chi connectivity index (χ4v) is 3.13. The number of hydrogen-bond donors (Lipinski definition) is 0. The molecule has 0 radical (unpaired) electrons. The van der Waals surface area contributed by atoms with Gasteiger partial charge in [0.1, 0.15) is 23.1 Å². The van der Waals surface area contributed by atoms with Crippen molar-refractivity contribution in [2.45, 2.75) is 6.92 Å². The largest absolute Gasteiger partial charge is 0.457 e. The Morgan fingerprint density at radius 2 is 1.38 bits per heavy atom. The monoisotopic (exact) mass is 384 g/mol. The van der Waals surface area contributed by atoms with Gasteiger partial charge in [-0.05, 0) is 78.7 Å². The van der Waals surface area contributed by atoms with Crippen LogP contribution < -0.4 is 9.64 Å². The number of pyridine rings is 1. The summed E-state index contributed by atoms with van der Waals surface area (Å²) in [5, 5.41) is 0. The second-order valence-corrected chi connectivity index (χ2v) is 6.83. The van der Waals surface area contributed by atoms with E-state index in [-0.39, 0.29) is 5.82 Å². The van der Waals surface area contributed by atoms with Gasteiger partial charge >= 0.3 is 0 Å². The van der Waals surface area contributed by atoms with Gasteiger partial charge in [0.2, 0.25) is 0 Å². The van der Waals surface area contributed by atoms with Crippen molar-refractivity contribution in [2.75, 3.05) is 11.9 Å². The molecule has 0 aliphatic rings. The Hall–Kier alpha value is -3.66. The minimum Gasteiger partial charge on any atom is -0.457 e. The first-order valence-corrected chi connectivity index (χ1v) is 9.40. The average molecular weight is 384 g/mol. The number of aromatic nitrogens is 1. The third-order valence-corrected chi connectivity index (χ3v) is 4.66. The van der Waals surface area contributed by atoms with Crippen molar-refractivity contribution in [2.24, 2.45) is 0 Å². The topological polar surface area (TPSA) is 25.4 Å². The standard InChI is InChI=1S/C25H21FN2O/c1-18-16-20(17-25(27-18)28(2)22-6-4-3-5-7-22)19-8-12-23(13-9-19)29-24-14-10-21(26)11-15-24/h3-17H,1-2H3. The summed E-state index contributed by atoms with van der Waals surface area (Å²) in [6.07, 6.45) is 0. The highest BCUT2D eigenvalue weighted by atomic mass is 19.1. The molecule has 0 spiro atoms. The van der Waals surface area contributed by atoms with Gasteiger partial charge in [-0.3, -0.25) is 0 Å². The highest BCUT2D eigenvalue weighted by Gasteiger charge is 2.09. The van der Waals surface area contributed by atoms with E-state index in [1.807, 2.05) is 56.4 Å². The molecule has 0 aliphatic heterocycles. The summed E-state index contributed by atoms with van der Waals surface area (Å²) < 4.78 is 18.8. The summed E-state index contributed by atoms with van der Waals surface area (Å²) in [6.45, 7) is 2.00. The number of hydrogen-bond acceptors (Lipinski definition) is 3. The molecule has 3 aromatic carbocycles. The number of ether oxygens (including phenoxy) is 1.